The van der Waals surface area contributed by atoms with Gasteiger partial charge < -0.3 is 25.4 Å². The van der Waals surface area contributed by atoms with E-state index in [4.69, 9.17) is 0 Å². The number of rotatable bonds is 3. The van der Waals surface area contributed by atoms with Crippen molar-refractivity contribution in [3.8, 4) is 0 Å². The molecule has 1 saturated heterocycles. The standard InChI is InChI=1S/C24H33N3O2.ClH.H2O/c1-14(2)27-13-15-11-21-18(17-6-4-8-20(27)23(15)17)10-16(12-26(21)3)24(29)25-19-7-5-9-22(19)28;;/h4,6,8,13-14,16,18-19,21-22,28H,5,7,9-12H2,1-3H3,(H,25,29);1H;1H2/t16?,18-,19?,21-,22?;;/m1../s1. The van der Waals surface area contributed by atoms with Crippen LogP contribution in [0.2, 0.25) is 0 Å². The molecule has 6 nitrogen and oxygen atoms in total. The number of nitrogens with zero attached hydrogens (tertiary/aromatic N) is 2. The van der Waals surface area contributed by atoms with E-state index in [1.807, 2.05) is 0 Å². The lowest BCUT2D eigenvalue weighted by molar-refractivity contribution is -0.128. The van der Waals surface area contributed by atoms with Gasteiger partial charge in [0.15, 0.2) is 0 Å². The molecule has 2 fully saturated rings. The van der Waals surface area contributed by atoms with Crippen molar-refractivity contribution in [2.45, 2.75) is 76.1 Å². The van der Waals surface area contributed by atoms with E-state index in [9.17, 15) is 9.90 Å². The van der Waals surface area contributed by atoms with Gasteiger partial charge in [-0.1, -0.05) is 12.1 Å². The maximum atomic E-state index is 13.0. The molecule has 0 radical (unpaired) electrons. The van der Waals surface area contributed by atoms with Gasteiger partial charge in [0, 0.05) is 41.6 Å². The van der Waals surface area contributed by atoms with Gasteiger partial charge in [-0.3, -0.25) is 4.79 Å². The van der Waals surface area contributed by atoms with Gasteiger partial charge in [0.05, 0.1) is 18.1 Å². The molecule has 0 bridgehead atoms. The number of likely N-dealkylation sites (tertiary alicyclic amines) is 1. The summed E-state index contributed by atoms with van der Waals surface area (Å²) in [5, 5.41) is 14.7. The fourth-order valence-electron chi connectivity index (χ4n) is 6.10. The summed E-state index contributed by atoms with van der Waals surface area (Å²) in [6, 6.07) is 7.53. The maximum absolute atomic E-state index is 13.0. The van der Waals surface area contributed by atoms with Crippen LogP contribution >= 0.6 is 12.4 Å². The number of carbonyl (C=O) groups excluding carboxylic acids is 1. The first kappa shape index (κ1) is 24.1. The number of hydrogen-bond acceptors (Lipinski definition) is 3. The Morgan fingerprint density at radius 3 is 2.71 bits per heavy atom. The lowest BCUT2D eigenvalue weighted by Crippen LogP contribution is -2.53. The number of halogens is 1. The molecule has 5 atom stereocenters. The second-order valence-corrected chi connectivity index (χ2v) is 9.76. The molecule has 0 spiro atoms. The van der Waals surface area contributed by atoms with Crippen molar-refractivity contribution in [3.05, 3.63) is 35.5 Å². The first-order chi connectivity index (χ1) is 13.9. The van der Waals surface area contributed by atoms with E-state index >= 15 is 0 Å². The third-order valence-corrected chi connectivity index (χ3v) is 7.61. The van der Waals surface area contributed by atoms with Gasteiger partial charge in [0.2, 0.25) is 5.91 Å². The number of benzene rings is 1. The van der Waals surface area contributed by atoms with Gasteiger partial charge in [-0.05, 0) is 70.2 Å². The first-order valence-corrected chi connectivity index (χ1v) is 11.2. The van der Waals surface area contributed by atoms with Crippen LogP contribution in [0.15, 0.2) is 24.4 Å². The van der Waals surface area contributed by atoms with Crippen LogP contribution in [0.25, 0.3) is 10.9 Å². The van der Waals surface area contributed by atoms with E-state index in [1.165, 1.54) is 22.0 Å². The summed E-state index contributed by atoms with van der Waals surface area (Å²) in [5.74, 6) is 0.495. The third kappa shape index (κ3) is 3.99. The SMILES string of the molecule is CC(C)n1cc2c3c(cccc31)[C@H]1CC(C(=O)NC3CCCC3O)CN(C)[C@@H]1C2.Cl.O. The maximum Gasteiger partial charge on any atom is 0.224 e. The van der Waals surface area contributed by atoms with Crippen LogP contribution in [0.5, 0.6) is 0 Å². The molecule has 2 aliphatic carbocycles. The van der Waals surface area contributed by atoms with E-state index in [1.54, 1.807) is 0 Å². The van der Waals surface area contributed by atoms with Crippen molar-refractivity contribution in [2.24, 2.45) is 5.92 Å². The largest absolute Gasteiger partial charge is 0.412 e. The van der Waals surface area contributed by atoms with Gasteiger partial charge in [-0.25, -0.2) is 0 Å². The average Bonchev–Trinajstić information content (AvgIpc) is 3.27. The number of aliphatic hydroxyl groups excluding tert-OH is 1. The summed E-state index contributed by atoms with van der Waals surface area (Å²) >= 11 is 0. The third-order valence-electron chi connectivity index (χ3n) is 7.61. The molecule has 1 aliphatic heterocycles. The van der Waals surface area contributed by atoms with Crippen molar-refractivity contribution < 1.29 is 15.4 Å². The zero-order chi connectivity index (χ0) is 20.3. The van der Waals surface area contributed by atoms with E-state index in [-0.39, 0.29) is 41.9 Å². The quantitative estimate of drug-likeness (QED) is 0.755. The summed E-state index contributed by atoms with van der Waals surface area (Å²) in [5.41, 5.74) is 4.20. The van der Waals surface area contributed by atoms with Gasteiger partial charge in [0.25, 0.3) is 0 Å². The molecule has 7 heteroatoms. The van der Waals surface area contributed by atoms with Crippen molar-refractivity contribution >= 4 is 29.2 Å². The fraction of sp³-hybridized carbons (Fsp3) is 0.625. The molecule has 1 saturated carbocycles. The molecule has 4 N–H and O–H groups in total. The number of fused-ring (bicyclic) bond motifs is 2. The summed E-state index contributed by atoms with van der Waals surface area (Å²) in [7, 11) is 2.17. The Morgan fingerprint density at radius 2 is 2.03 bits per heavy atom. The number of nitrogens with one attached hydrogen (secondary N) is 1. The van der Waals surface area contributed by atoms with Crippen LogP contribution in [-0.4, -0.2) is 57.7 Å². The number of carbonyl (C=O) groups is 1. The van der Waals surface area contributed by atoms with Gasteiger partial charge in [0.1, 0.15) is 0 Å². The fourth-order valence-corrected chi connectivity index (χ4v) is 6.10. The Balaban J connectivity index is 0.00000136. The van der Waals surface area contributed by atoms with E-state index in [2.05, 4.69) is 60.1 Å². The molecule has 1 aromatic carbocycles. The lowest BCUT2D eigenvalue weighted by Gasteiger charge is -2.45. The van der Waals surface area contributed by atoms with Crippen LogP contribution in [-0.2, 0) is 11.2 Å². The van der Waals surface area contributed by atoms with E-state index in [0.29, 0.717) is 18.0 Å². The summed E-state index contributed by atoms with van der Waals surface area (Å²) in [6.07, 6.45) is 6.63. The Labute approximate surface area is 190 Å². The highest BCUT2D eigenvalue weighted by Crippen LogP contribution is 2.45. The van der Waals surface area contributed by atoms with Crippen LogP contribution in [0.3, 0.4) is 0 Å². The van der Waals surface area contributed by atoms with Crippen LogP contribution in [0, 0.1) is 5.92 Å². The Kier molecular flexibility index (Phi) is 7.06. The molecule has 1 aromatic heterocycles. The topological polar surface area (TPSA) is 89.0 Å². The molecule has 2 aromatic rings. The van der Waals surface area contributed by atoms with E-state index in [0.717, 1.165) is 38.6 Å². The molecule has 2 heterocycles. The van der Waals surface area contributed by atoms with Gasteiger partial charge in [-0.2, -0.15) is 0 Å². The van der Waals surface area contributed by atoms with Crippen molar-refractivity contribution in [3.63, 3.8) is 0 Å². The number of aliphatic hydroxyl groups is 1. The highest BCUT2D eigenvalue weighted by molar-refractivity contribution is 5.89. The van der Waals surface area contributed by atoms with Crippen LogP contribution in [0.4, 0.5) is 0 Å². The minimum Gasteiger partial charge on any atom is -0.412 e. The molecule has 31 heavy (non-hydrogen) atoms. The predicted octanol–water partition coefficient (Wildman–Crippen LogP) is 2.81. The molecular formula is C24H36ClN3O3. The van der Waals surface area contributed by atoms with Crippen molar-refractivity contribution in [1.29, 1.82) is 0 Å². The predicted molar refractivity (Wildman–Crippen MR) is 126 cm³/mol. The molecule has 3 unspecified atom stereocenters. The smallest absolute Gasteiger partial charge is 0.224 e. The molecule has 5 rings (SSSR count). The summed E-state index contributed by atoms with van der Waals surface area (Å²) in [4.78, 5) is 15.4. The van der Waals surface area contributed by atoms with Gasteiger partial charge in [-0.15, -0.1) is 12.4 Å². The first-order valence-electron chi connectivity index (χ1n) is 11.2. The molecule has 172 valence electrons. The summed E-state index contributed by atoms with van der Waals surface area (Å²) < 4.78 is 2.40. The Hall–Kier alpha value is -1.60. The highest BCUT2D eigenvalue weighted by Gasteiger charge is 2.42. The lowest BCUT2D eigenvalue weighted by atomic mass is 9.72. The minimum atomic E-state index is -0.380. The molecular weight excluding hydrogens is 414 g/mol. The molecule has 3 aliphatic rings. The Morgan fingerprint density at radius 1 is 1.26 bits per heavy atom. The van der Waals surface area contributed by atoms with Crippen molar-refractivity contribution in [2.75, 3.05) is 13.6 Å². The number of hydrogen-bond donors (Lipinski definition) is 2. The summed E-state index contributed by atoms with van der Waals surface area (Å²) in [6.45, 7) is 5.28. The van der Waals surface area contributed by atoms with Crippen molar-refractivity contribution in [1.82, 2.24) is 14.8 Å². The van der Waals surface area contributed by atoms with Crippen LogP contribution in [0.1, 0.15) is 62.6 Å². The number of likely N-dealkylation sites (N-methyl/N-ethyl adjacent to an activating group) is 1. The van der Waals surface area contributed by atoms with Crippen LogP contribution < -0.4 is 5.32 Å². The normalized spacial score (nSPS) is 29.9. The zero-order valence-corrected chi connectivity index (χ0v) is 19.5. The highest BCUT2D eigenvalue weighted by atomic mass is 35.5. The number of piperidine rings is 1. The molecule has 1 amide bonds. The van der Waals surface area contributed by atoms with E-state index < -0.39 is 0 Å². The zero-order valence-electron chi connectivity index (χ0n) is 18.7. The second-order valence-electron chi connectivity index (χ2n) is 9.76. The Bertz CT molecular complexity index is 944. The van der Waals surface area contributed by atoms with Gasteiger partial charge >= 0.3 is 0 Å². The number of aromatic nitrogens is 1. The number of amides is 1. The minimum absolute atomic E-state index is 0. The monoisotopic (exact) mass is 449 g/mol. The average molecular weight is 450 g/mol. The second kappa shape index (κ2) is 9.10.